The van der Waals surface area contributed by atoms with Crippen molar-refractivity contribution in [1.29, 1.82) is 5.26 Å². The molecule has 0 amide bonds. The Hall–Kier alpha value is -2.32. The number of nitriles is 1. The summed E-state index contributed by atoms with van der Waals surface area (Å²) < 4.78 is 87.3. The van der Waals surface area contributed by atoms with Gasteiger partial charge in [0.15, 0.2) is 11.4 Å². The Kier molecular flexibility index (Phi) is 4.41. The molecule has 1 atom stereocenters. The number of hydrogen-bond acceptors (Lipinski definition) is 3. The molecule has 0 saturated carbocycles. The van der Waals surface area contributed by atoms with Crippen LogP contribution in [0.3, 0.4) is 0 Å². The fourth-order valence-electron chi connectivity index (χ4n) is 1.03. The van der Waals surface area contributed by atoms with Crippen molar-refractivity contribution in [3.8, 4) is 6.07 Å². The molecule has 0 aromatic rings. The van der Waals surface area contributed by atoms with Gasteiger partial charge in [-0.15, -0.1) is 0 Å². The summed E-state index contributed by atoms with van der Waals surface area (Å²) in [4.78, 5) is 20.6. The smallest absolute Gasteiger partial charge is 0.425 e. The Morgan fingerprint density at radius 3 is 1.55 bits per heavy atom. The van der Waals surface area contributed by atoms with Crippen LogP contribution in [0.4, 0.5) is 30.7 Å². The third-order valence-electron chi connectivity index (χ3n) is 1.96. The number of halogens is 7. The van der Waals surface area contributed by atoms with Gasteiger partial charge in [0.25, 0.3) is 5.41 Å². The lowest BCUT2D eigenvalue weighted by Crippen LogP contribution is -2.46. The first-order chi connectivity index (χ1) is 8.73. The van der Waals surface area contributed by atoms with Crippen molar-refractivity contribution >= 4 is 11.9 Å². The van der Waals surface area contributed by atoms with Crippen molar-refractivity contribution in [2.24, 2.45) is 5.41 Å². The highest BCUT2D eigenvalue weighted by atomic mass is 19.4. The summed E-state index contributed by atoms with van der Waals surface area (Å²) in [5, 5.41) is 24.5. The molecular weight excluding hydrogens is 307 g/mol. The Balaban J connectivity index is 6.73. The topological polar surface area (TPSA) is 98.4 Å². The minimum atomic E-state index is -6.32. The molecular formula is C8H2F7NO4. The lowest BCUT2D eigenvalue weighted by molar-refractivity contribution is -0.209. The number of nitrogens with zero attached hydrogens (tertiary/aromatic N) is 1. The van der Waals surface area contributed by atoms with E-state index in [9.17, 15) is 40.3 Å². The van der Waals surface area contributed by atoms with Gasteiger partial charge in [0.1, 0.15) is 0 Å². The summed E-state index contributed by atoms with van der Waals surface area (Å²) in [5.41, 5.74) is -8.69. The predicted octanol–water partition coefficient (Wildman–Crippen LogP) is 2.01. The van der Waals surface area contributed by atoms with Crippen LogP contribution in [0.5, 0.6) is 0 Å². The van der Waals surface area contributed by atoms with Crippen LogP contribution >= 0.6 is 0 Å². The summed E-state index contributed by atoms with van der Waals surface area (Å²) in [7, 11) is 0. The standard InChI is InChI=1S/C8H2F7NO4/c9-3(2(4(17)18)7(10,11)12)6(1-16,5(19)20)8(13,14)15/h(H,17,18)(H,19,20). The molecule has 0 fully saturated rings. The summed E-state index contributed by atoms with van der Waals surface area (Å²) in [6.45, 7) is 0. The van der Waals surface area contributed by atoms with Crippen LogP contribution in [0.2, 0.25) is 0 Å². The molecule has 1 unspecified atom stereocenters. The molecule has 0 aliphatic heterocycles. The molecule has 2 N–H and O–H groups in total. The van der Waals surface area contributed by atoms with E-state index in [4.69, 9.17) is 15.5 Å². The van der Waals surface area contributed by atoms with Gasteiger partial charge in [0.2, 0.25) is 0 Å². The maximum absolute atomic E-state index is 13.3. The number of alkyl halides is 6. The SMILES string of the molecule is N#CC(C(=O)O)(C(F)=C(C(=O)O)C(F)(F)F)C(F)(F)F. The van der Waals surface area contributed by atoms with Gasteiger partial charge in [-0.1, -0.05) is 0 Å². The molecule has 0 aliphatic carbocycles. The quantitative estimate of drug-likeness (QED) is 0.614. The van der Waals surface area contributed by atoms with E-state index in [1.54, 1.807) is 0 Å². The third-order valence-corrected chi connectivity index (χ3v) is 1.96. The monoisotopic (exact) mass is 309 g/mol. The second-order valence-corrected chi connectivity index (χ2v) is 3.16. The molecule has 0 aliphatic rings. The maximum atomic E-state index is 13.3. The largest absolute Gasteiger partial charge is 0.479 e. The van der Waals surface area contributed by atoms with Crippen LogP contribution in [0.25, 0.3) is 0 Å². The second-order valence-electron chi connectivity index (χ2n) is 3.16. The summed E-state index contributed by atoms with van der Waals surface area (Å²) >= 11 is 0. The van der Waals surface area contributed by atoms with Gasteiger partial charge in [-0.05, 0) is 0 Å². The first-order valence-electron chi connectivity index (χ1n) is 4.15. The number of carboxylic acids is 2. The van der Waals surface area contributed by atoms with Gasteiger partial charge in [0, 0.05) is 0 Å². The molecule has 112 valence electrons. The zero-order chi connectivity index (χ0) is 16.5. The van der Waals surface area contributed by atoms with Crippen LogP contribution in [-0.2, 0) is 9.59 Å². The number of hydrogen-bond donors (Lipinski definition) is 2. The van der Waals surface area contributed by atoms with Gasteiger partial charge in [-0.25, -0.2) is 14.0 Å². The van der Waals surface area contributed by atoms with Gasteiger partial charge in [-0.3, -0.25) is 0 Å². The van der Waals surface area contributed by atoms with E-state index < -0.39 is 41.1 Å². The van der Waals surface area contributed by atoms with Gasteiger partial charge in [-0.2, -0.15) is 31.6 Å². The van der Waals surface area contributed by atoms with E-state index in [1.165, 1.54) is 0 Å². The minimum absolute atomic E-state index is 0.159. The molecule has 0 rings (SSSR count). The Morgan fingerprint density at radius 1 is 1.00 bits per heavy atom. The molecule has 0 aromatic carbocycles. The lowest BCUT2D eigenvalue weighted by atomic mass is 9.85. The molecule has 0 saturated heterocycles. The number of rotatable bonds is 3. The van der Waals surface area contributed by atoms with E-state index >= 15 is 0 Å². The van der Waals surface area contributed by atoms with Gasteiger partial charge >= 0.3 is 24.3 Å². The van der Waals surface area contributed by atoms with Crippen LogP contribution in [-0.4, -0.2) is 34.5 Å². The van der Waals surface area contributed by atoms with Crippen molar-refractivity contribution in [3.63, 3.8) is 0 Å². The molecule has 12 heteroatoms. The number of carbonyl (C=O) groups is 2. The highest BCUT2D eigenvalue weighted by molar-refractivity contribution is 5.92. The summed E-state index contributed by atoms with van der Waals surface area (Å²) in [5.74, 6) is -10.2. The van der Waals surface area contributed by atoms with Gasteiger partial charge < -0.3 is 10.2 Å². The number of aliphatic carboxylic acids is 2. The molecule has 0 radical (unpaired) electrons. The summed E-state index contributed by atoms with van der Waals surface area (Å²) in [6, 6.07) is -0.159. The predicted molar refractivity (Wildman–Crippen MR) is 43.6 cm³/mol. The van der Waals surface area contributed by atoms with E-state index in [1.807, 2.05) is 0 Å². The molecule has 20 heavy (non-hydrogen) atoms. The Bertz CT molecular complexity index is 512. The second kappa shape index (κ2) is 4.99. The molecule has 0 bridgehead atoms. The first-order valence-corrected chi connectivity index (χ1v) is 4.15. The van der Waals surface area contributed by atoms with Gasteiger partial charge in [0.05, 0.1) is 6.07 Å². The van der Waals surface area contributed by atoms with Crippen LogP contribution < -0.4 is 0 Å². The van der Waals surface area contributed by atoms with E-state index in [0.717, 1.165) is 0 Å². The van der Waals surface area contributed by atoms with E-state index in [-0.39, 0.29) is 6.07 Å². The molecule has 0 aromatic heterocycles. The summed E-state index contributed by atoms with van der Waals surface area (Å²) in [6.07, 6.45) is -12.5. The lowest BCUT2D eigenvalue weighted by Gasteiger charge is -2.24. The van der Waals surface area contributed by atoms with Crippen molar-refractivity contribution in [1.82, 2.24) is 0 Å². The Morgan fingerprint density at radius 2 is 1.40 bits per heavy atom. The zero-order valence-electron chi connectivity index (χ0n) is 8.80. The third kappa shape index (κ3) is 2.65. The number of carboxylic acid groups (broad SMARTS) is 2. The van der Waals surface area contributed by atoms with Crippen LogP contribution in [0.15, 0.2) is 11.4 Å². The highest BCUT2D eigenvalue weighted by Gasteiger charge is 2.68. The fraction of sp³-hybridized carbons (Fsp3) is 0.375. The average Bonchev–Trinajstić information content (AvgIpc) is 2.12. The average molecular weight is 309 g/mol. The highest BCUT2D eigenvalue weighted by Crippen LogP contribution is 2.48. The van der Waals surface area contributed by atoms with Crippen molar-refractivity contribution in [2.45, 2.75) is 12.4 Å². The molecule has 0 heterocycles. The zero-order valence-corrected chi connectivity index (χ0v) is 8.80. The Labute approximate surface area is 104 Å². The van der Waals surface area contributed by atoms with Crippen LogP contribution in [0, 0.1) is 16.7 Å². The van der Waals surface area contributed by atoms with Crippen LogP contribution in [0.1, 0.15) is 0 Å². The van der Waals surface area contributed by atoms with Crippen molar-refractivity contribution in [3.05, 3.63) is 11.4 Å². The first kappa shape index (κ1) is 17.7. The molecule has 0 spiro atoms. The van der Waals surface area contributed by atoms with E-state index in [2.05, 4.69) is 0 Å². The van der Waals surface area contributed by atoms with Crippen molar-refractivity contribution < 1.29 is 50.5 Å². The minimum Gasteiger partial charge on any atom is -0.479 e. The normalized spacial score (nSPS) is 16.7. The maximum Gasteiger partial charge on any atom is 0.425 e. The fourth-order valence-corrected chi connectivity index (χ4v) is 1.03. The molecule has 5 nitrogen and oxygen atoms in total. The van der Waals surface area contributed by atoms with Crippen molar-refractivity contribution in [2.75, 3.05) is 0 Å². The van der Waals surface area contributed by atoms with E-state index in [0.29, 0.717) is 0 Å².